The number of amides is 2. The number of methoxy groups -OCH3 is 1. The molecule has 1 aromatic heterocycles. The molecule has 9 heteroatoms. The number of halogens is 1. The van der Waals surface area contributed by atoms with Crippen molar-refractivity contribution in [3.8, 4) is 0 Å². The lowest BCUT2D eigenvalue weighted by molar-refractivity contribution is -0.132. The summed E-state index contributed by atoms with van der Waals surface area (Å²) in [5, 5.41) is 0. The number of fused-ring (bicyclic) bond motifs is 1. The Hall–Kier alpha value is -1.71. The summed E-state index contributed by atoms with van der Waals surface area (Å²) >= 11 is 2.58. The molecule has 3 rings (SSSR count). The smallest absolute Gasteiger partial charge is 0.258 e. The first kappa shape index (κ1) is 23.0. The second kappa shape index (κ2) is 11.1. The lowest BCUT2D eigenvalue weighted by atomic mass is 10.0. The van der Waals surface area contributed by atoms with Crippen molar-refractivity contribution in [2.24, 2.45) is 4.99 Å². The van der Waals surface area contributed by atoms with Gasteiger partial charge in [-0.15, -0.1) is 11.8 Å². The summed E-state index contributed by atoms with van der Waals surface area (Å²) in [4.78, 5) is 31.7. The van der Waals surface area contributed by atoms with Crippen LogP contribution in [0.15, 0.2) is 23.2 Å². The molecule has 2 amide bonds. The van der Waals surface area contributed by atoms with Crippen LogP contribution in [0.4, 0.5) is 4.39 Å². The fourth-order valence-corrected chi connectivity index (χ4v) is 5.51. The summed E-state index contributed by atoms with van der Waals surface area (Å²) in [5.41, 5.74) is 0.823. The summed E-state index contributed by atoms with van der Waals surface area (Å²) in [5.74, 6) is -0.0799. The first-order valence-corrected chi connectivity index (χ1v) is 12.2. The van der Waals surface area contributed by atoms with E-state index in [1.165, 1.54) is 41.7 Å². The van der Waals surface area contributed by atoms with Gasteiger partial charge in [-0.05, 0) is 43.9 Å². The summed E-state index contributed by atoms with van der Waals surface area (Å²) < 4.78 is 21.3. The second-order valence-corrected chi connectivity index (χ2v) is 9.28. The third kappa shape index (κ3) is 5.70. The van der Waals surface area contributed by atoms with E-state index in [0.29, 0.717) is 29.7 Å². The minimum absolute atomic E-state index is 0.104. The Labute approximate surface area is 184 Å². The number of ether oxygens (including phenoxy) is 1. The van der Waals surface area contributed by atoms with E-state index >= 15 is 0 Å². The summed E-state index contributed by atoms with van der Waals surface area (Å²) in [6.07, 6.45) is 4.26. The van der Waals surface area contributed by atoms with Crippen molar-refractivity contribution in [3.63, 3.8) is 0 Å². The van der Waals surface area contributed by atoms with Gasteiger partial charge < -0.3 is 14.2 Å². The van der Waals surface area contributed by atoms with Gasteiger partial charge in [0.2, 0.25) is 5.91 Å². The van der Waals surface area contributed by atoms with Gasteiger partial charge in [0.1, 0.15) is 5.82 Å². The molecule has 0 radical (unpaired) electrons. The van der Waals surface area contributed by atoms with E-state index in [4.69, 9.17) is 4.74 Å². The van der Waals surface area contributed by atoms with E-state index in [2.05, 4.69) is 11.9 Å². The zero-order chi connectivity index (χ0) is 21.5. The number of aromatic nitrogens is 1. The predicted octanol–water partition coefficient (Wildman–Crippen LogP) is 3.44. The van der Waals surface area contributed by atoms with Gasteiger partial charge in [-0.2, -0.15) is 4.99 Å². The fraction of sp³-hybridized carbons (Fsp3) is 0.571. The van der Waals surface area contributed by atoms with Crippen molar-refractivity contribution >= 4 is 45.1 Å². The van der Waals surface area contributed by atoms with Crippen LogP contribution in [0.1, 0.15) is 32.6 Å². The van der Waals surface area contributed by atoms with Crippen LogP contribution in [0.3, 0.4) is 0 Å². The Kier molecular flexibility index (Phi) is 8.47. The van der Waals surface area contributed by atoms with E-state index < -0.39 is 0 Å². The third-order valence-corrected chi connectivity index (χ3v) is 7.20. The molecule has 1 aliphatic heterocycles. The normalized spacial score (nSPS) is 17.6. The molecule has 1 saturated heterocycles. The van der Waals surface area contributed by atoms with Crippen LogP contribution in [0.25, 0.3) is 10.2 Å². The van der Waals surface area contributed by atoms with Crippen molar-refractivity contribution in [2.75, 3.05) is 31.8 Å². The lowest BCUT2D eigenvalue weighted by Crippen LogP contribution is -2.44. The molecular formula is C21H28FN3O3S2. The molecular weight excluding hydrogens is 425 g/mol. The second-order valence-electron chi connectivity index (χ2n) is 7.28. The fourth-order valence-electron chi connectivity index (χ4n) is 3.73. The van der Waals surface area contributed by atoms with Crippen molar-refractivity contribution < 1.29 is 18.7 Å². The molecule has 1 aliphatic rings. The molecule has 1 aromatic carbocycles. The largest absolute Gasteiger partial charge is 0.383 e. The molecule has 1 unspecified atom stereocenters. The van der Waals surface area contributed by atoms with Crippen molar-refractivity contribution in [2.45, 2.75) is 45.2 Å². The van der Waals surface area contributed by atoms with Crippen LogP contribution in [0, 0.1) is 5.82 Å². The van der Waals surface area contributed by atoms with E-state index in [1.807, 2.05) is 9.47 Å². The maximum Gasteiger partial charge on any atom is 0.258 e. The highest BCUT2D eigenvalue weighted by Gasteiger charge is 2.25. The Morgan fingerprint density at radius 3 is 2.93 bits per heavy atom. The van der Waals surface area contributed by atoms with Crippen LogP contribution in [0.5, 0.6) is 0 Å². The molecule has 0 aliphatic carbocycles. The maximum atomic E-state index is 13.6. The van der Waals surface area contributed by atoms with Crippen LogP contribution >= 0.6 is 23.1 Å². The molecule has 0 spiro atoms. The number of piperidine rings is 1. The number of hydrogen-bond donors (Lipinski definition) is 0. The lowest BCUT2D eigenvalue weighted by Gasteiger charge is -2.35. The number of nitrogens with zero attached hydrogens (tertiary/aromatic N) is 3. The van der Waals surface area contributed by atoms with E-state index in [1.54, 1.807) is 13.2 Å². The van der Waals surface area contributed by atoms with E-state index in [-0.39, 0.29) is 23.4 Å². The number of rotatable bonds is 8. The molecule has 30 heavy (non-hydrogen) atoms. The number of carbonyl (C=O) groups is 2. The Morgan fingerprint density at radius 1 is 1.33 bits per heavy atom. The summed E-state index contributed by atoms with van der Waals surface area (Å²) in [6.45, 7) is 3.91. The standard InChI is InChI=1S/C21H28FN3O3S2/c1-3-16-6-4-5-9-24(16)20(27)14-29-13-19(26)23-21-25(10-11-28-2)17-8-7-15(22)12-18(17)30-21/h7-8,12,16H,3-6,9-11,13-14H2,1-2H3. The van der Waals surface area contributed by atoms with Gasteiger partial charge in [0.05, 0.1) is 28.3 Å². The highest BCUT2D eigenvalue weighted by Crippen LogP contribution is 2.21. The van der Waals surface area contributed by atoms with Gasteiger partial charge in [0.15, 0.2) is 4.80 Å². The molecule has 164 valence electrons. The predicted molar refractivity (Wildman–Crippen MR) is 119 cm³/mol. The number of carbonyl (C=O) groups excluding carboxylic acids is 2. The van der Waals surface area contributed by atoms with Crippen LogP contribution in [-0.4, -0.2) is 59.1 Å². The molecule has 0 N–H and O–H groups in total. The minimum atomic E-state index is -0.322. The molecule has 0 bridgehead atoms. The average Bonchev–Trinajstić information content (AvgIpc) is 3.07. The molecule has 1 atom stereocenters. The summed E-state index contributed by atoms with van der Waals surface area (Å²) in [7, 11) is 1.61. The van der Waals surface area contributed by atoms with Crippen molar-refractivity contribution in [3.05, 3.63) is 28.8 Å². The monoisotopic (exact) mass is 453 g/mol. The van der Waals surface area contributed by atoms with Gasteiger partial charge >= 0.3 is 0 Å². The summed E-state index contributed by atoms with van der Waals surface area (Å²) in [6, 6.07) is 4.86. The molecule has 6 nitrogen and oxygen atoms in total. The number of benzene rings is 1. The topological polar surface area (TPSA) is 63.9 Å². The molecule has 0 saturated carbocycles. The SMILES string of the molecule is CCC1CCCCN1C(=O)CSCC(=O)N=c1sc2cc(F)ccc2n1CCOC. The van der Waals surface area contributed by atoms with E-state index in [0.717, 1.165) is 36.0 Å². The highest BCUT2D eigenvalue weighted by atomic mass is 32.2. The van der Waals surface area contributed by atoms with Gasteiger partial charge in [-0.1, -0.05) is 18.3 Å². The average molecular weight is 454 g/mol. The zero-order valence-corrected chi connectivity index (χ0v) is 19.1. The Balaban J connectivity index is 1.65. The first-order valence-electron chi connectivity index (χ1n) is 10.3. The zero-order valence-electron chi connectivity index (χ0n) is 17.4. The molecule has 1 fully saturated rings. The molecule has 2 aromatic rings. The first-order chi connectivity index (χ1) is 14.5. The number of thioether (sulfide) groups is 1. The highest BCUT2D eigenvalue weighted by molar-refractivity contribution is 8.00. The van der Waals surface area contributed by atoms with Gasteiger partial charge in [-0.3, -0.25) is 9.59 Å². The van der Waals surface area contributed by atoms with Crippen molar-refractivity contribution in [1.29, 1.82) is 0 Å². The number of likely N-dealkylation sites (tertiary alicyclic amines) is 1. The van der Waals surface area contributed by atoms with Crippen LogP contribution in [0.2, 0.25) is 0 Å². The molecule has 2 heterocycles. The maximum absolute atomic E-state index is 13.6. The Morgan fingerprint density at radius 2 is 2.17 bits per heavy atom. The quantitative estimate of drug-likeness (QED) is 0.614. The Bertz CT molecular complexity index is 957. The van der Waals surface area contributed by atoms with Crippen LogP contribution in [-0.2, 0) is 20.9 Å². The number of hydrogen-bond acceptors (Lipinski definition) is 5. The third-order valence-electron chi connectivity index (χ3n) is 5.25. The van der Waals surface area contributed by atoms with Crippen molar-refractivity contribution in [1.82, 2.24) is 9.47 Å². The van der Waals surface area contributed by atoms with Crippen LogP contribution < -0.4 is 4.80 Å². The van der Waals surface area contributed by atoms with Gasteiger partial charge in [-0.25, -0.2) is 4.39 Å². The minimum Gasteiger partial charge on any atom is -0.383 e. The van der Waals surface area contributed by atoms with Gasteiger partial charge in [0.25, 0.3) is 5.91 Å². The van der Waals surface area contributed by atoms with E-state index in [9.17, 15) is 14.0 Å². The number of thiazole rings is 1. The van der Waals surface area contributed by atoms with Gasteiger partial charge in [0, 0.05) is 26.2 Å².